The molecule has 0 saturated carbocycles. The molecule has 144 valence electrons. The summed E-state index contributed by atoms with van der Waals surface area (Å²) in [6.45, 7) is 2.10. The second-order valence-corrected chi connectivity index (χ2v) is 8.55. The Balaban J connectivity index is 2.36. The number of aromatic nitrogens is 1. The Labute approximate surface area is 182 Å². The Morgan fingerprint density at radius 1 is 1.18 bits per heavy atom. The first-order valence-corrected chi connectivity index (χ1v) is 11.3. The van der Waals surface area contributed by atoms with Gasteiger partial charge in [0.15, 0.2) is 12.4 Å². The summed E-state index contributed by atoms with van der Waals surface area (Å²) in [6, 6.07) is 16.1. The minimum absolute atomic E-state index is 0.326. The van der Waals surface area contributed by atoms with Crippen molar-refractivity contribution in [2.45, 2.75) is 12.7 Å². The molecule has 0 fully saturated rings. The maximum absolute atomic E-state index is 11.8. The highest BCUT2D eigenvalue weighted by atomic mass is 79.9. The van der Waals surface area contributed by atoms with E-state index in [0.717, 1.165) is 20.2 Å². The van der Waals surface area contributed by atoms with Crippen LogP contribution in [0.25, 0.3) is 5.70 Å². The molecule has 0 bridgehead atoms. The van der Waals surface area contributed by atoms with E-state index >= 15 is 0 Å². The summed E-state index contributed by atoms with van der Waals surface area (Å²) in [6.07, 6.45) is 6.99. The highest BCUT2D eigenvalue weighted by Crippen LogP contribution is 2.34. The smallest absolute Gasteiger partial charge is 0.330 e. The van der Waals surface area contributed by atoms with Gasteiger partial charge in [-0.15, -0.1) is 11.8 Å². The number of hydrogen-bond donors (Lipinski definition) is 0. The Hall–Kier alpha value is -2.01. The van der Waals surface area contributed by atoms with Gasteiger partial charge < -0.3 is 4.74 Å². The molecule has 2 aromatic rings. The zero-order valence-electron chi connectivity index (χ0n) is 15.4. The largest absolute Gasteiger partial charge is 0.463 e. The van der Waals surface area contributed by atoms with Gasteiger partial charge in [0.2, 0.25) is 5.70 Å². The van der Waals surface area contributed by atoms with Gasteiger partial charge in [-0.1, -0.05) is 45.9 Å². The van der Waals surface area contributed by atoms with Gasteiger partial charge in [-0.3, -0.25) is 0 Å². The van der Waals surface area contributed by atoms with Gasteiger partial charge in [-0.25, -0.2) is 4.79 Å². The molecule has 0 atom stereocenters. The third kappa shape index (κ3) is 7.55. The maximum atomic E-state index is 11.8. The molecule has 28 heavy (non-hydrogen) atoms. The quantitative estimate of drug-likeness (QED) is 0.216. The third-order valence-electron chi connectivity index (χ3n) is 3.42. The lowest BCUT2D eigenvalue weighted by molar-refractivity contribution is -0.578. The molecule has 0 aliphatic heterocycles. The first kappa shape index (κ1) is 22.3. The van der Waals surface area contributed by atoms with Crippen LogP contribution in [0, 0.1) is 11.3 Å². The normalized spacial score (nSPS) is 11.8. The van der Waals surface area contributed by atoms with Crippen LogP contribution in [0.15, 0.2) is 75.7 Å². The molecule has 7 heteroatoms. The zero-order valence-corrected chi connectivity index (χ0v) is 18.6. The lowest BCUT2D eigenvalue weighted by Crippen LogP contribution is -2.30. The molecule has 1 aromatic heterocycles. The van der Waals surface area contributed by atoms with E-state index in [2.05, 4.69) is 34.1 Å². The first-order chi connectivity index (χ1) is 13.6. The van der Waals surface area contributed by atoms with Crippen LogP contribution in [-0.2, 0) is 15.3 Å². The van der Waals surface area contributed by atoms with E-state index in [4.69, 9.17) is 10.00 Å². The topological polar surface area (TPSA) is 54.0 Å². The van der Waals surface area contributed by atoms with E-state index in [9.17, 15) is 4.79 Å². The molecule has 4 nitrogen and oxygen atoms in total. The standard InChI is InChI=1S/C21H20BrN2O2S2/c1-2-26-20(25)11-10-19(24-13-4-3-5-14-24)21(27-15-12-23)28-16-17-6-8-18(22)9-7-17/h3-11,13-14H,2,15-16H2,1H3/q+1/b11-10+,21-19-. The van der Waals surface area contributed by atoms with Crippen LogP contribution in [0.1, 0.15) is 12.5 Å². The molecular weight excluding hydrogens is 456 g/mol. The van der Waals surface area contributed by atoms with Gasteiger partial charge >= 0.3 is 5.97 Å². The van der Waals surface area contributed by atoms with Crippen molar-refractivity contribution < 1.29 is 14.1 Å². The van der Waals surface area contributed by atoms with Crippen molar-refractivity contribution in [3.63, 3.8) is 0 Å². The van der Waals surface area contributed by atoms with Gasteiger partial charge in [-0.05, 0) is 24.6 Å². The third-order valence-corrected chi connectivity index (χ3v) is 6.35. The molecule has 0 radical (unpaired) electrons. The van der Waals surface area contributed by atoms with Gasteiger partial charge in [-0.2, -0.15) is 9.83 Å². The number of esters is 1. The number of halogens is 1. The van der Waals surface area contributed by atoms with Gasteiger partial charge in [0.05, 0.1) is 18.4 Å². The molecule has 0 aliphatic rings. The second kappa shape index (κ2) is 12.4. The monoisotopic (exact) mass is 475 g/mol. The fourth-order valence-electron chi connectivity index (χ4n) is 2.17. The zero-order chi connectivity index (χ0) is 20.2. The molecule has 0 spiro atoms. The Bertz CT molecular complexity index is 876. The van der Waals surface area contributed by atoms with Crippen LogP contribution in [0.3, 0.4) is 0 Å². The first-order valence-electron chi connectivity index (χ1n) is 8.56. The number of rotatable bonds is 9. The van der Waals surface area contributed by atoms with E-state index in [1.165, 1.54) is 23.4 Å². The van der Waals surface area contributed by atoms with E-state index in [0.29, 0.717) is 12.4 Å². The number of hydrogen-bond acceptors (Lipinski definition) is 5. The van der Waals surface area contributed by atoms with Crippen LogP contribution < -0.4 is 4.57 Å². The molecule has 2 rings (SSSR count). The van der Waals surface area contributed by atoms with Crippen molar-refractivity contribution in [1.82, 2.24) is 0 Å². The van der Waals surface area contributed by atoms with Crippen LogP contribution in [0.5, 0.6) is 0 Å². The van der Waals surface area contributed by atoms with E-state index in [-0.39, 0.29) is 5.97 Å². The van der Waals surface area contributed by atoms with Crippen LogP contribution in [0.4, 0.5) is 0 Å². The van der Waals surface area contributed by atoms with Crippen molar-refractivity contribution in [1.29, 1.82) is 5.26 Å². The fraction of sp³-hybridized carbons (Fsp3) is 0.190. The molecule has 0 N–H and O–H groups in total. The van der Waals surface area contributed by atoms with Crippen molar-refractivity contribution in [3.05, 3.63) is 81.3 Å². The number of benzene rings is 1. The molecule has 1 heterocycles. The highest BCUT2D eigenvalue weighted by molar-refractivity contribution is 9.10. The van der Waals surface area contributed by atoms with Crippen LogP contribution >= 0.6 is 39.5 Å². The minimum atomic E-state index is -0.390. The average molecular weight is 476 g/mol. The summed E-state index contributed by atoms with van der Waals surface area (Å²) in [5.74, 6) is 0.692. The summed E-state index contributed by atoms with van der Waals surface area (Å²) >= 11 is 6.55. The average Bonchev–Trinajstić information content (AvgIpc) is 2.71. The van der Waals surface area contributed by atoms with Gasteiger partial charge in [0.1, 0.15) is 4.24 Å². The van der Waals surface area contributed by atoms with Crippen molar-refractivity contribution in [2.24, 2.45) is 0 Å². The summed E-state index contributed by atoms with van der Waals surface area (Å²) in [5.41, 5.74) is 2.01. The number of pyridine rings is 1. The van der Waals surface area contributed by atoms with Crippen LogP contribution in [-0.4, -0.2) is 18.3 Å². The summed E-state index contributed by atoms with van der Waals surface area (Å²) in [4.78, 5) is 11.8. The molecule has 0 amide bonds. The van der Waals surface area contributed by atoms with Crippen molar-refractivity contribution >= 4 is 51.1 Å². The second-order valence-electron chi connectivity index (χ2n) is 5.40. The van der Waals surface area contributed by atoms with Gasteiger partial charge in [0.25, 0.3) is 0 Å². The number of ether oxygens (including phenoxy) is 1. The maximum Gasteiger partial charge on any atom is 0.330 e. The van der Waals surface area contributed by atoms with E-state index in [1.807, 2.05) is 47.3 Å². The molecule has 0 unspecified atom stereocenters. The van der Waals surface area contributed by atoms with Crippen LogP contribution in [0.2, 0.25) is 0 Å². The van der Waals surface area contributed by atoms with Gasteiger partial charge in [0, 0.05) is 34.5 Å². The molecule has 1 aromatic carbocycles. The Kier molecular flexibility index (Phi) is 9.91. The van der Waals surface area contributed by atoms with Crippen molar-refractivity contribution in [3.8, 4) is 6.07 Å². The molecule has 0 aliphatic carbocycles. The highest BCUT2D eigenvalue weighted by Gasteiger charge is 2.16. The predicted octanol–water partition coefficient (Wildman–Crippen LogP) is 5.17. The Morgan fingerprint density at radius 3 is 2.54 bits per heavy atom. The van der Waals surface area contributed by atoms with E-state index < -0.39 is 0 Å². The number of carbonyl (C=O) groups excluding carboxylic acids is 1. The summed E-state index contributed by atoms with van der Waals surface area (Å²) < 4.78 is 8.93. The summed E-state index contributed by atoms with van der Waals surface area (Å²) in [5, 5.41) is 9.06. The number of nitriles is 1. The number of nitrogens with zero attached hydrogens (tertiary/aromatic N) is 2. The molecular formula is C21H20BrN2O2S2+. The Morgan fingerprint density at radius 2 is 1.89 bits per heavy atom. The SMILES string of the molecule is CCOC(=O)/C=C/C(=C(\SCC#N)SCc1ccc(Br)cc1)[n+]1ccccc1. The fourth-order valence-corrected chi connectivity index (χ4v) is 4.45. The van der Waals surface area contributed by atoms with Crippen molar-refractivity contribution in [2.75, 3.05) is 12.4 Å². The van der Waals surface area contributed by atoms with E-state index in [1.54, 1.807) is 24.8 Å². The summed E-state index contributed by atoms with van der Waals surface area (Å²) in [7, 11) is 0. The molecule has 0 saturated heterocycles. The lowest BCUT2D eigenvalue weighted by Gasteiger charge is -2.07. The number of carbonyl (C=O) groups is 1. The number of allylic oxidation sites excluding steroid dienone is 2. The lowest BCUT2D eigenvalue weighted by atomic mass is 10.2. The predicted molar refractivity (Wildman–Crippen MR) is 119 cm³/mol. The minimum Gasteiger partial charge on any atom is -0.463 e. The number of thioether (sulfide) groups is 2.